The van der Waals surface area contributed by atoms with Crippen molar-refractivity contribution >= 4 is 46.6 Å². The number of carbonyl (C=O) groups excluding carboxylic acids is 2. The highest BCUT2D eigenvalue weighted by atomic mass is 35.5. The minimum absolute atomic E-state index is 0.0130. The summed E-state index contributed by atoms with van der Waals surface area (Å²) in [5, 5.41) is 4.33. The Balaban J connectivity index is 1.57. The Morgan fingerprint density at radius 3 is 2.35 bits per heavy atom. The number of hydrogen-bond acceptors (Lipinski definition) is 2. The van der Waals surface area contributed by atoms with E-state index in [0.717, 1.165) is 0 Å². The fourth-order valence-electron chi connectivity index (χ4n) is 2.97. The van der Waals surface area contributed by atoms with E-state index in [1.165, 1.54) is 0 Å². The van der Waals surface area contributed by atoms with Gasteiger partial charge < -0.3 is 10.2 Å². The molecule has 0 saturated carbocycles. The highest BCUT2D eigenvalue weighted by molar-refractivity contribution is 6.35. The molecule has 1 aliphatic rings. The van der Waals surface area contributed by atoms with E-state index < -0.39 is 0 Å². The summed E-state index contributed by atoms with van der Waals surface area (Å²) in [6.45, 7) is 1.14. The van der Waals surface area contributed by atoms with Crippen molar-refractivity contribution in [2.24, 2.45) is 0 Å². The zero-order valence-corrected chi connectivity index (χ0v) is 16.1. The predicted molar refractivity (Wildman–Crippen MR) is 104 cm³/mol. The van der Waals surface area contributed by atoms with E-state index in [2.05, 4.69) is 5.32 Å². The topological polar surface area (TPSA) is 49.4 Å². The molecule has 2 amide bonds. The van der Waals surface area contributed by atoms with Gasteiger partial charge in [0.05, 0.1) is 10.6 Å². The van der Waals surface area contributed by atoms with Crippen LogP contribution in [0.1, 0.15) is 33.6 Å². The monoisotopic (exact) mass is 410 g/mol. The van der Waals surface area contributed by atoms with E-state index >= 15 is 0 Å². The quantitative estimate of drug-likeness (QED) is 0.797. The van der Waals surface area contributed by atoms with Gasteiger partial charge in [0.1, 0.15) is 0 Å². The zero-order valence-electron chi connectivity index (χ0n) is 13.8. The Kier molecular flexibility index (Phi) is 6.07. The van der Waals surface area contributed by atoms with Crippen molar-refractivity contribution in [1.82, 2.24) is 10.2 Å². The van der Waals surface area contributed by atoms with Gasteiger partial charge in [-0.2, -0.15) is 0 Å². The summed E-state index contributed by atoms with van der Waals surface area (Å²) in [7, 11) is 0. The molecule has 0 aromatic heterocycles. The van der Waals surface area contributed by atoms with Gasteiger partial charge in [-0.25, -0.2) is 0 Å². The third-order valence-corrected chi connectivity index (χ3v) is 5.16. The van der Waals surface area contributed by atoms with Crippen LogP contribution in [-0.4, -0.2) is 35.8 Å². The Hall–Kier alpha value is -1.75. The van der Waals surface area contributed by atoms with Crippen molar-refractivity contribution in [2.45, 2.75) is 18.9 Å². The van der Waals surface area contributed by atoms with Crippen LogP contribution < -0.4 is 5.32 Å². The maximum absolute atomic E-state index is 12.5. The highest BCUT2D eigenvalue weighted by Crippen LogP contribution is 2.22. The lowest BCUT2D eigenvalue weighted by Gasteiger charge is -2.32. The summed E-state index contributed by atoms with van der Waals surface area (Å²) in [4.78, 5) is 26.7. The van der Waals surface area contributed by atoms with Crippen molar-refractivity contribution in [3.8, 4) is 0 Å². The Bertz CT molecular complexity index is 833. The molecule has 0 aliphatic carbocycles. The molecule has 0 spiro atoms. The van der Waals surface area contributed by atoms with Crippen molar-refractivity contribution < 1.29 is 9.59 Å². The number of rotatable bonds is 3. The van der Waals surface area contributed by atoms with Crippen molar-refractivity contribution in [3.63, 3.8) is 0 Å². The molecule has 0 bridgehead atoms. The fourth-order valence-corrected chi connectivity index (χ4v) is 3.53. The summed E-state index contributed by atoms with van der Waals surface area (Å²) in [6.07, 6.45) is 1.35. The third-order valence-electron chi connectivity index (χ3n) is 4.36. The lowest BCUT2D eigenvalue weighted by atomic mass is 10.0. The third kappa shape index (κ3) is 4.50. The van der Waals surface area contributed by atoms with Crippen LogP contribution in [-0.2, 0) is 0 Å². The van der Waals surface area contributed by atoms with E-state index in [0.29, 0.717) is 52.1 Å². The number of likely N-dealkylation sites (tertiary alicyclic amines) is 1. The van der Waals surface area contributed by atoms with Crippen LogP contribution in [0, 0.1) is 0 Å². The lowest BCUT2D eigenvalue weighted by molar-refractivity contribution is 0.0698. The van der Waals surface area contributed by atoms with Crippen LogP contribution in [0.25, 0.3) is 0 Å². The minimum Gasteiger partial charge on any atom is -0.349 e. The molecule has 0 atom stereocenters. The molecule has 1 saturated heterocycles. The van der Waals surface area contributed by atoms with Gasteiger partial charge in [0.25, 0.3) is 11.8 Å². The van der Waals surface area contributed by atoms with Gasteiger partial charge in [0.2, 0.25) is 0 Å². The van der Waals surface area contributed by atoms with E-state index in [9.17, 15) is 9.59 Å². The van der Waals surface area contributed by atoms with Crippen LogP contribution in [0.2, 0.25) is 15.1 Å². The molecule has 2 aromatic rings. The first-order valence-corrected chi connectivity index (χ1v) is 9.38. The molecular formula is C19H17Cl3N2O2. The average Bonchev–Trinajstić information content (AvgIpc) is 2.63. The van der Waals surface area contributed by atoms with E-state index in [1.54, 1.807) is 47.4 Å². The second kappa shape index (κ2) is 8.30. The molecule has 0 radical (unpaired) electrons. The average molecular weight is 412 g/mol. The first-order chi connectivity index (χ1) is 12.4. The first-order valence-electron chi connectivity index (χ1n) is 8.25. The predicted octanol–water partition coefficient (Wildman–Crippen LogP) is 4.68. The molecule has 3 rings (SSSR count). The number of amides is 2. The molecule has 2 aromatic carbocycles. The molecule has 136 valence electrons. The normalized spacial score (nSPS) is 15.0. The van der Waals surface area contributed by atoms with Crippen molar-refractivity contribution in [1.29, 1.82) is 0 Å². The largest absolute Gasteiger partial charge is 0.349 e. The van der Waals surface area contributed by atoms with Crippen molar-refractivity contribution in [3.05, 3.63) is 68.7 Å². The molecule has 1 aliphatic heterocycles. The minimum atomic E-state index is -0.253. The van der Waals surface area contributed by atoms with Crippen LogP contribution in [0.4, 0.5) is 0 Å². The number of piperidine rings is 1. The number of nitrogens with one attached hydrogen (secondary N) is 1. The summed E-state index contributed by atoms with van der Waals surface area (Å²) in [5.74, 6) is -0.299. The Morgan fingerprint density at radius 2 is 1.65 bits per heavy atom. The number of benzene rings is 2. The standard InChI is InChI=1S/C19H17Cl3N2O2/c20-13-3-1-2-12(10-13)19(26)24-8-6-15(7-9-24)23-18(25)16-11-14(21)4-5-17(16)22/h1-5,10-11,15H,6-9H2,(H,23,25). The van der Waals surface area contributed by atoms with Gasteiger partial charge >= 0.3 is 0 Å². The Labute approximate surface area is 167 Å². The summed E-state index contributed by atoms with van der Waals surface area (Å²) >= 11 is 18.0. The molecule has 26 heavy (non-hydrogen) atoms. The Morgan fingerprint density at radius 1 is 0.962 bits per heavy atom. The lowest BCUT2D eigenvalue weighted by Crippen LogP contribution is -2.46. The number of halogens is 3. The maximum atomic E-state index is 12.5. The molecule has 0 unspecified atom stereocenters. The van der Waals surface area contributed by atoms with Gasteiger partial charge in [-0.05, 0) is 49.2 Å². The summed E-state index contributed by atoms with van der Waals surface area (Å²) in [5.41, 5.74) is 0.933. The van der Waals surface area contributed by atoms with Crippen LogP contribution >= 0.6 is 34.8 Å². The first kappa shape index (κ1) is 19.0. The van der Waals surface area contributed by atoms with Gasteiger partial charge in [0.15, 0.2) is 0 Å². The van der Waals surface area contributed by atoms with Crippen LogP contribution in [0.15, 0.2) is 42.5 Å². The van der Waals surface area contributed by atoms with Gasteiger partial charge in [-0.3, -0.25) is 9.59 Å². The summed E-state index contributed by atoms with van der Waals surface area (Å²) < 4.78 is 0. The molecule has 7 heteroatoms. The van der Waals surface area contributed by atoms with Crippen LogP contribution in [0.3, 0.4) is 0 Å². The molecule has 1 N–H and O–H groups in total. The number of hydrogen-bond donors (Lipinski definition) is 1. The highest BCUT2D eigenvalue weighted by Gasteiger charge is 2.25. The number of carbonyl (C=O) groups is 2. The second-order valence-corrected chi connectivity index (χ2v) is 7.45. The molecule has 1 heterocycles. The van der Waals surface area contributed by atoms with E-state index in [4.69, 9.17) is 34.8 Å². The van der Waals surface area contributed by atoms with Crippen LogP contribution in [0.5, 0.6) is 0 Å². The maximum Gasteiger partial charge on any atom is 0.253 e. The number of nitrogens with zero attached hydrogens (tertiary/aromatic N) is 1. The SMILES string of the molecule is O=C(NC1CCN(C(=O)c2cccc(Cl)c2)CC1)c1cc(Cl)ccc1Cl. The van der Waals surface area contributed by atoms with Gasteiger partial charge in [-0.15, -0.1) is 0 Å². The second-order valence-electron chi connectivity index (χ2n) is 6.17. The van der Waals surface area contributed by atoms with E-state index in [1.807, 2.05) is 0 Å². The summed E-state index contributed by atoms with van der Waals surface area (Å²) in [6, 6.07) is 11.7. The van der Waals surface area contributed by atoms with Gasteiger partial charge in [0, 0.05) is 34.7 Å². The molecule has 4 nitrogen and oxygen atoms in total. The smallest absolute Gasteiger partial charge is 0.253 e. The zero-order chi connectivity index (χ0) is 18.7. The van der Waals surface area contributed by atoms with E-state index in [-0.39, 0.29) is 17.9 Å². The van der Waals surface area contributed by atoms with Gasteiger partial charge in [-0.1, -0.05) is 40.9 Å². The van der Waals surface area contributed by atoms with Crippen molar-refractivity contribution in [2.75, 3.05) is 13.1 Å². The molecular weight excluding hydrogens is 395 g/mol. The fraction of sp³-hybridized carbons (Fsp3) is 0.263. The molecule has 1 fully saturated rings.